The van der Waals surface area contributed by atoms with Gasteiger partial charge in [-0.25, -0.2) is 0 Å². The van der Waals surface area contributed by atoms with E-state index in [1.807, 2.05) is 0 Å². The van der Waals surface area contributed by atoms with E-state index in [1.54, 1.807) is 25.9 Å². The number of amides is 1. The van der Waals surface area contributed by atoms with E-state index >= 15 is 0 Å². The van der Waals surface area contributed by atoms with E-state index in [0.717, 1.165) is 25.0 Å². The van der Waals surface area contributed by atoms with E-state index in [9.17, 15) is 9.59 Å². The number of aliphatic carboxylic acids is 1. The fourth-order valence-corrected chi connectivity index (χ4v) is 2.31. The van der Waals surface area contributed by atoms with Crippen molar-refractivity contribution in [3.8, 4) is 0 Å². The molecule has 16 heavy (non-hydrogen) atoms. The molecule has 0 aromatic heterocycles. The first kappa shape index (κ1) is 15.3. The van der Waals surface area contributed by atoms with E-state index < -0.39 is 11.9 Å². The Balaban J connectivity index is 3.96. The van der Waals surface area contributed by atoms with Crippen LogP contribution in [0.2, 0.25) is 0 Å². The number of nitrogens with zero attached hydrogens (tertiary/aromatic N) is 1. The largest absolute Gasteiger partial charge is 0.481 e. The zero-order chi connectivity index (χ0) is 12.6. The minimum atomic E-state index is -1.03. The molecule has 1 amide bonds. The Kier molecular flexibility index (Phi) is 8.07. The maximum atomic E-state index is 11.5. The molecule has 0 fully saturated rings. The lowest BCUT2D eigenvalue weighted by molar-refractivity contribution is -0.148. The summed E-state index contributed by atoms with van der Waals surface area (Å²) in [7, 11) is 3.17. The van der Waals surface area contributed by atoms with Gasteiger partial charge in [-0.15, -0.1) is 0 Å². The van der Waals surface area contributed by atoms with Crippen LogP contribution in [0.5, 0.6) is 0 Å². The van der Waals surface area contributed by atoms with Gasteiger partial charge in [0.25, 0.3) is 0 Å². The minimum absolute atomic E-state index is 0.324. The molecule has 0 bridgehead atoms. The van der Waals surface area contributed by atoms with Crippen molar-refractivity contribution < 1.29 is 14.7 Å². The second-order valence-electron chi connectivity index (χ2n) is 3.91. The molecule has 0 saturated heterocycles. The van der Waals surface area contributed by atoms with Crippen molar-refractivity contribution in [3.63, 3.8) is 0 Å². The summed E-state index contributed by atoms with van der Waals surface area (Å²) in [6.07, 6.45) is 3.40. The molecule has 0 aliphatic rings. The summed E-state index contributed by atoms with van der Waals surface area (Å²) >= 11 is 1.55. The van der Waals surface area contributed by atoms with Crippen molar-refractivity contribution in [2.75, 3.05) is 25.6 Å². The number of unbranched alkanes of at least 4 members (excludes halogenated alkanes) is 2. The Morgan fingerprint density at radius 3 is 2.38 bits per heavy atom. The predicted molar refractivity (Wildman–Crippen MR) is 66.7 cm³/mol. The van der Waals surface area contributed by atoms with Gasteiger partial charge < -0.3 is 10.0 Å². The zero-order valence-electron chi connectivity index (χ0n) is 10.2. The zero-order valence-corrected chi connectivity index (χ0v) is 11.0. The molecular weight excluding hydrogens is 226 g/mol. The van der Waals surface area contributed by atoms with Crippen LogP contribution in [0.4, 0.5) is 0 Å². The van der Waals surface area contributed by atoms with Crippen LogP contribution in [0, 0.1) is 5.92 Å². The first-order chi connectivity index (χ1) is 7.50. The molecule has 1 N–H and O–H groups in total. The van der Waals surface area contributed by atoms with Gasteiger partial charge in [0.1, 0.15) is 5.92 Å². The van der Waals surface area contributed by atoms with Crippen molar-refractivity contribution >= 4 is 23.6 Å². The highest BCUT2D eigenvalue weighted by molar-refractivity contribution is 7.99. The van der Waals surface area contributed by atoms with E-state index in [0.29, 0.717) is 5.75 Å². The number of rotatable bonds is 8. The van der Waals surface area contributed by atoms with Gasteiger partial charge in [0.05, 0.1) is 0 Å². The van der Waals surface area contributed by atoms with Crippen LogP contribution >= 0.6 is 11.8 Å². The Morgan fingerprint density at radius 2 is 1.94 bits per heavy atom. The molecule has 4 nitrogen and oxygen atoms in total. The monoisotopic (exact) mass is 247 g/mol. The quantitative estimate of drug-likeness (QED) is 0.524. The van der Waals surface area contributed by atoms with Crippen molar-refractivity contribution in [2.24, 2.45) is 5.92 Å². The summed E-state index contributed by atoms with van der Waals surface area (Å²) in [4.78, 5) is 23.8. The first-order valence-electron chi connectivity index (χ1n) is 5.52. The van der Waals surface area contributed by atoms with Crippen LogP contribution in [-0.4, -0.2) is 47.5 Å². The number of carbonyl (C=O) groups excluding carboxylic acids is 1. The average molecular weight is 247 g/mol. The van der Waals surface area contributed by atoms with Crippen LogP contribution in [0.1, 0.15) is 26.2 Å². The first-order valence-corrected chi connectivity index (χ1v) is 6.67. The van der Waals surface area contributed by atoms with Gasteiger partial charge in [-0.3, -0.25) is 9.59 Å². The summed E-state index contributed by atoms with van der Waals surface area (Å²) in [5.74, 6) is -0.951. The highest BCUT2D eigenvalue weighted by Crippen LogP contribution is 2.13. The molecule has 0 aliphatic heterocycles. The predicted octanol–water partition coefficient (Wildman–Crippen LogP) is 1.70. The summed E-state index contributed by atoms with van der Waals surface area (Å²) < 4.78 is 0. The Bertz CT molecular complexity index is 231. The molecule has 0 spiro atoms. The standard InChI is InChI=1S/C11H21NO3S/c1-4-5-6-7-16-8-9(11(14)15)10(13)12(2)3/h9H,4-8H2,1-3H3,(H,14,15). The molecule has 0 saturated carbocycles. The molecule has 1 unspecified atom stereocenters. The van der Waals surface area contributed by atoms with Gasteiger partial charge >= 0.3 is 5.97 Å². The van der Waals surface area contributed by atoms with Crippen molar-refractivity contribution in [1.29, 1.82) is 0 Å². The van der Waals surface area contributed by atoms with Gasteiger partial charge in [0.2, 0.25) is 5.91 Å². The number of thioether (sulfide) groups is 1. The smallest absolute Gasteiger partial charge is 0.316 e. The lowest BCUT2D eigenvalue weighted by atomic mass is 10.1. The van der Waals surface area contributed by atoms with Gasteiger partial charge in [-0.1, -0.05) is 19.8 Å². The molecule has 0 aromatic rings. The van der Waals surface area contributed by atoms with E-state index in [-0.39, 0.29) is 5.91 Å². The molecule has 0 radical (unpaired) electrons. The summed E-state index contributed by atoms with van der Waals surface area (Å²) in [5, 5.41) is 8.93. The van der Waals surface area contributed by atoms with E-state index in [2.05, 4.69) is 6.92 Å². The Hall–Kier alpha value is -0.710. The second kappa shape index (κ2) is 8.44. The number of carboxylic acids is 1. The van der Waals surface area contributed by atoms with Crippen LogP contribution in [0.15, 0.2) is 0 Å². The third-order valence-corrected chi connectivity index (χ3v) is 3.36. The SMILES string of the molecule is CCCCCSCC(C(=O)O)C(=O)N(C)C. The van der Waals surface area contributed by atoms with Crippen LogP contribution in [0.3, 0.4) is 0 Å². The third kappa shape index (κ3) is 6.00. The fourth-order valence-electron chi connectivity index (χ4n) is 1.22. The number of hydrogen-bond donors (Lipinski definition) is 1. The molecular formula is C11H21NO3S. The summed E-state index contributed by atoms with van der Waals surface area (Å²) in [6, 6.07) is 0. The second-order valence-corrected chi connectivity index (χ2v) is 5.06. The number of carboxylic acid groups (broad SMARTS) is 1. The molecule has 1 atom stereocenters. The van der Waals surface area contributed by atoms with Gasteiger partial charge in [0, 0.05) is 19.8 Å². The number of carbonyl (C=O) groups is 2. The van der Waals surface area contributed by atoms with E-state index in [1.165, 1.54) is 4.90 Å². The maximum Gasteiger partial charge on any atom is 0.316 e. The van der Waals surface area contributed by atoms with Crippen LogP contribution in [0.25, 0.3) is 0 Å². The topological polar surface area (TPSA) is 57.6 Å². The Labute approximate surface area is 101 Å². The maximum absolute atomic E-state index is 11.5. The van der Waals surface area contributed by atoms with Gasteiger partial charge in [0.15, 0.2) is 0 Å². The van der Waals surface area contributed by atoms with Crippen molar-refractivity contribution in [1.82, 2.24) is 4.90 Å². The summed E-state index contributed by atoms with van der Waals surface area (Å²) in [5.41, 5.74) is 0. The molecule has 0 aromatic carbocycles. The van der Waals surface area contributed by atoms with Crippen LogP contribution in [-0.2, 0) is 9.59 Å². The van der Waals surface area contributed by atoms with Crippen molar-refractivity contribution in [2.45, 2.75) is 26.2 Å². The van der Waals surface area contributed by atoms with Gasteiger partial charge in [-0.05, 0) is 12.2 Å². The highest BCUT2D eigenvalue weighted by Gasteiger charge is 2.27. The molecule has 94 valence electrons. The lowest BCUT2D eigenvalue weighted by Crippen LogP contribution is -2.36. The fraction of sp³-hybridized carbons (Fsp3) is 0.818. The van der Waals surface area contributed by atoms with Gasteiger partial charge in [-0.2, -0.15) is 11.8 Å². The Morgan fingerprint density at radius 1 is 1.31 bits per heavy atom. The normalized spacial score (nSPS) is 12.2. The van der Waals surface area contributed by atoms with Crippen LogP contribution < -0.4 is 0 Å². The lowest BCUT2D eigenvalue weighted by Gasteiger charge is -2.16. The number of hydrogen-bond acceptors (Lipinski definition) is 3. The summed E-state index contributed by atoms with van der Waals surface area (Å²) in [6.45, 7) is 2.13. The van der Waals surface area contributed by atoms with Crippen molar-refractivity contribution in [3.05, 3.63) is 0 Å². The van der Waals surface area contributed by atoms with E-state index in [4.69, 9.17) is 5.11 Å². The minimum Gasteiger partial charge on any atom is -0.481 e. The highest BCUT2D eigenvalue weighted by atomic mass is 32.2. The molecule has 0 heterocycles. The third-order valence-electron chi connectivity index (χ3n) is 2.21. The average Bonchev–Trinajstić information content (AvgIpc) is 2.21. The molecule has 5 heteroatoms. The molecule has 0 aliphatic carbocycles. The molecule has 0 rings (SSSR count).